The van der Waals surface area contributed by atoms with Gasteiger partial charge in [-0.1, -0.05) is 41.0 Å². The topological polar surface area (TPSA) is 27.7 Å². The van der Waals surface area contributed by atoms with Gasteiger partial charge in [0.05, 0.1) is 0 Å². The second kappa shape index (κ2) is 4.95. The maximum absolute atomic E-state index is 5.58. The molecule has 0 radical (unpaired) electrons. The molecule has 0 aliphatic carbocycles. The van der Waals surface area contributed by atoms with Crippen molar-refractivity contribution in [3.63, 3.8) is 0 Å². The lowest BCUT2D eigenvalue weighted by Gasteiger charge is -2.48. The maximum Gasteiger partial charge on any atom is 0.506 e. The Bertz CT molecular complexity index is 190. The summed E-state index contributed by atoms with van der Waals surface area (Å²) in [5.41, 5.74) is 0.112. The van der Waals surface area contributed by atoms with Gasteiger partial charge in [-0.2, -0.15) is 0 Å². The number of rotatable bonds is 6. The van der Waals surface area contributed by atoms with Crippen LogP contribution in [0.25, 0.3) is 0 Å². The molecule has 0 atom stereocenters. The molecule has 3 nitrogen and oxygen atoms in total. The van der Waals surface area contributed by atoms with Gasteiger partial charge in [-0.3, -0.25) is 0 Å². The summed E-state index contributed by atoms with van der Waals surface area (Å²) in [6.45, 7) is 11.0. The molecule has 0 rings (SSSR count). The molecule has 0 aromatic heterocycles. The molecule has 0 N–H and O–H groups in total. The van der Waals surface area contributed by atoms with E-state index in [1.165, 1.54) is 0 Å². The summed E-state index contributed by atoms with van der Waals surface area (Å²) < 4.78 is 16.8. The van der Waals surface area contributed by atoms with Gasteiger partial charge < -0.3 is 13.3 Å². The Hall–Kier alpha value is 0.0969. The first-order valence-corrected chi connectivity index (χ1v) is 7.12. The van der Waals surface area contributed by atoms with Crippen LogP contribution in [-0.4, -0.2) is 30.1 Å². The van der Waals surface area contributed by atoms with E-state index in [0.717, 1.165) is 6.42 Å². The van der Waals surface area contributed by atoms with Crippen LogP contribution in [-0.2, 0) is 13.3 Å². The van der Waals surface area contributed by atoms with Gasteiger partial charge in [-0.15, -0.1) is 0 Å². The largest absolute Gasteiger partial charge is 0.506 e. The van der Waals surface area contributed by atoms with Gasteiger partial charge in [0.15, 0.2) is 0 Å². The van der Waals surface area contributed by atoms with E-state index in [2.05, 4.69) is 34.6 Å². The van der Waals surface area contributed by atoms with E-state index in [9.17, 15) is 0 Å². The maximum atomic E-state index is 5.58. The first-order valence-electron chi connectivity index (χ1n) is 5.40. The molecule has 0 aromatic carbocycles. The van der Waals surface area contributed by atoms with E-state index in [1.54, 1.807) is 21.3 Å². The highest BCUT2D eigenvalue weighted by molar-refractivity contribution is 6.64. The molecule has 0 bridgehead atoms. The third kappa shape index (κ3) is 2.28. The van der Waals surface area contributed by atoms with Crippen LogP contribution in [0, 0.1) is 5.41 Å². The molecule has 15 heavy (non-hydrogen) atoms. The Labute approximate surface area is 95.5 Å². The zero-order chi connectivity index (χ0) is 12.3. The molecule has 0 spiro atoms. The van der Waals surface area contributed by atoms with Crippen LogP contribution in [0.15, 0.2) is 0 Å². The fourth-order valence-corrected chi connectivity index (χ4v) is 4.91. The van der Waals surface area contributed by atoms with Crippen molar-refractivity contribution in [2.24, 2.45) is 5.41 Å². The lowest BCUT2D eigenvalue weighted by molar-refractivity contribution is 0.0581. The summed E-state index contributed by atoms with van der Waals surface area (Å²) in [4.78, 5) is 0. The van der Waals surface area contributed by atoms with Crippen LogP contribution < -0.4 is 0 Å². The molecule has 0 fully saturated rings. The zero-order valence-electron chi connectivity index (χ0n) is 11.4. The van der Waals surface area contributed by atoms with Crippen LogP contribution in [0.1, 0.15) is 41.0 Å². The standard InChI is InChI=1S/C11H26O3Si/c1-9-10(2,3)11(4,5)15(12-6,13-7)14-8/h9H2,1-8H3. The van der Waals surface area contributed by atoms with Crippen LogP contribution in [0.3, 0.4) is 0 Å². The van der Waals surface area contributed by atoms with Crippen molar-refractivity contribution < 1.29 is 13.3 Å². The van der Waals surface area contributed by atoms with E-state index >= 15 is 0 Å². The average molecular weight is 234 g/mol. The number of hydrogen-bond acceptors (Lipinski definition) is 3. The molecule has 0 saturated heterocycles. The van der Waals surface area contributed by atoms with Crippen LogP contribution in [0.2, 0.25) is 5.04 Å². The molecule has 4 heteroatoms. The first-order chi connectivity index (χ1) is 6.74. The Morgan fingerprint density at radius 2 is 1.20 bits per heavy atom. The molecule has 0 heterocycles. The Kier molecular flexibility index (Phi) is 4.98. The highest BCUT2D eigenvalue weighted by atomic mass is 28.4. The highest BCUT2D eigenvalue weighted by Gasteiger charge is 2.60. The number of hydrogen-bond donors (Lipinski definition) is 0. The minimum absolute atomic E-state index is 0.112. The van der Waals surface area contributed by atoms with Gasteiger partial charge in [-0.25, -0.2) is 0 Å². The van der Waals surface area contributed by atoms with Gasteiger partial charge in [0.25, 0.3) is 0 Å². The Balaban J connectivity index is 5.29. The van der Waals surface area contributed by atoms with Crippen molar-refractivity contribution in [3.8, 4) is 0 Å². The van der Waals surface area contributed by atoms with Gasteiger partial charge in [0.1, 0.15) is 0 Å². The smallest absolute Gasteiger partial charge is 0.377 e. The Morgan fingerprint density at radius 1 is 0.867 bits per heavy atom. The van der Waals surface area contributed by atoms with Gasteiger partial charge in [-0.05, 0) is 5.41 Å². The van der Waals surface area contributed by atoms with E-state index < -0.39 is 8.80 Å². The van der Waals surface area contributed by atoms with Gasteiger partial charge in [0, 0.05) is 26.4 Å². The minimum Gasteiger partial charge on any atom is -0.377 e. The second-order valence-corrected chi connectivity index (χ2v) is 8.62. The Morgan fingerprint density at radius 3 is 1.40 bits per heavy atom. The van der Waals surface area contributed by atoms with E-state index in [4.69, 9.17) is 13.3 Å². The zero-order valence-corrected chi connectivity index (χ0v) is 12.4. The summed E-state index contributed by atoms with van der Waals surface area (Å²) in [7, 11) is 2.42. The summed E-state index contributed by atoms with van der Waals surface area (Å²) in [6, 6.07) is 0. The monoisotopic (exact) mass is 234 g/mol. The predicted octanol–water partition coefficient (Wildman–Crippen LogP) is 3.08. The third-order valence-electron chi connectivity index (χ3n) is 4.15. The molecule has 0 aliphatic heterocycles. The molecule has 92 valence electrons. The summed E-state index contributed by atoms with van der Waals surface area (Å²) >= 11 is 0. The molecule has 0 saturated carbocycles. The van der Waals surface area contributed by atoms with Crippen LogP contribution in [0.4, 0.5) is 0 Å². The van der Waals surface area contributed by atoms with Crippen molar-refractivity contribution in [1.82, 2.24) is 0 Å². The fourth-order valence-electron chi connectivity index (χ4n) is 1.87. The quantitative estimate of drug-likeness (QED) is 0.661. The molecular formula is C11H26O3Si. The highest BCUT2D eigenvalue weighted by Crippen LogP contribution is 2.54. The predicted molar refractivity (Wildman–Crippen MR) is 64.9 cm³/mol. The second-order valence-electron chi connectivity index (χ2n) is 5.03. The summed E-state index contributed by atoms with van der Waals surface area (Å²) in [5, 5.41) is -0.118. The molecule has 0 aromatic rings. The van der Waals surface area contributed by atoms with E-state index in [1.807, 2.05) is 0 Å². The van der Waals surface area contributed by atoms with Gasteiger partial charge in [0.2, 0.25) is 0 Å². The van der Waals surface area contributed by atoms with E-state index in [-0.39, 0.29) is 10.5 Å². The molecule has 0 aliphatic rings. The average Bonchev–Trinajstić information content (AvgIpc) is 2.20. The SMILES string of the molecule is CCC(C)(C)C(C)(C)[Si](OC)(OC)OC. The summed E-state index contributed by atoms with van der Waals surface area (Å²) in [5.74, 6) is 0. The molecular weight excluding hydrogens is 208 g/mol. The lowest BCUT2D eigenvalue weighted by Crippen LogP contribution is -2.57. The lowest BCUT2D eigenvalue weighted by atomic mass is 9.78. The van der Waals surface area contributed by atoms with Crippen LogP contribution >= 0.6 is 0 Å². The molecule has 0 amide bonds. The van der Waals surface area contributed by atoms with E-state index in [0.29, 0.717) is 0 Å². The van der Waals surface area contributed by atoms with Crippen molar-refractivity contribution in [1.29, 1.82) is 0 Å². The summed E-state index contributed by atoms with van der Waals surface area (Å²) in [6.07, 6.45) is 1.06. The first kappa shape index (κ1) is 15.1. The van der Waals surface area contributed by atoms with Crippen molar-refractivity contribution in [3.05, 3.63) is 0 Å². The normalized spacial score (nSPS) is 14.4. The molecule has 0 unspecified atom stereocenters. The van der Waals surface area contributed by atoms with Crippen molar-refractivity contribution >= 4 is 8.80 Å². The minimum atomic E-state index is -2.60. The van der Waals surface area contributed by atoms with Gasteiger partial charge >= 0.3 is 8.80 Å². The van der Waals surface area contributed by atoms with Crippen LogP contribution in [0.5, 0.6) is 0 Å². The van der Waals surface area contributed by atoms with Crippen molar-refractivity contribution in [2.45, 2.75) is 46.1 Å². The van der Waals surface area contributed by atoms with Crippen molar-refractivity contribution in [2.75, 3.05) is 21.3 Å². The fraction of sp³-hybridized carbons (Fsp3) is 1.00. The third-order valence-corrected chi connectivity index (χ3v) is 7.97.